The smallest absolute Gasteiger partial charge is 0.282 e. The van der Waals surface area contributed by atoms with E-state index in [0.717, 1.165) is 13.0 Å². The maximum Gasteiger partial charge on any atom is 0.282 e. The van der Waals surface area contributed by atoms with Gasteiger partial charge < -0.3 is 10.1 Å². The first-order valence-corrected chi connectivity index (χ1v) is 7.32. The van der Waals surface area contributed by atoms with Crippen molar-refractivity contribution in [3.63, 3.8) is 0 Å². The summed E-state index contributed by atoms with van der Waals surface area (Å²) < 4.78 is 32.6. The number of hydrogen-bond acceptors (Lipinski definition) is 4. The first-order valence-electron chi connectivity index (χ1n) is 5.93. The third kappa shape index (κ3) is 3.89. The summed E-state index contributed by atoms with van der Waals surface area (Å²) in [5.41, 5.74) is 0. The lowest BCUT2D eigenvalue weighted by Gasteiger charge is -2.29. The van der Waals surface area contributed by atoms with E-state index in [-0.39, 0.29) is 6.04 Å². The molecule has 1 rings (SSSR count). The van der Waals surface area contributed by atoms with Crippen LogP contribution in [-0.2, 0) is 14.9 Å². The van der Waals surface area contributed by atoms with Crippen molar-refractivity contribution < 1.29 is 13.2 Å². The number of nitrogens with one attached hydrogen (secondary N) is 1. The van der Waals surface area contributed by atoms with Gasteiger partial charge in [0.15, 0.2) is 0 Å². The number of likely N-dealkylation sites (N-methyl/N-ethyl adjacent to an activating group) is 1. The van der Waals surface area contributed by atoms with Crippen molar-refractivity contribution in [2.24, 2.45) is 0 Å². The van der Waals surface area contributed by atoms with Crippen LogP contribution in [0.25, 0.3) is 0 Å². The van der Waals surface area contributed by atoms with E-state index in [1.54, 1.807) is 18.5 Å². The monoisotopic (exact) mass is 265 g/mol. The van der Waals surface area contributed by atoms with Gasteiger partial charge in [-0.2, -0.15) is 17.0 Å². The van der Waals surface area contributed by atoms with Crippen molar-refractivity contribution in [1.29, 1.82) is 0 Å². The van der Waals surface area contributed by atoms with Gasteiger partial charge in [0, 0.05) is 39.8 Å². The summed E-state index contributed by atoms with van der Waals surface area (Å²) in [5, 5.41) is 3.19. The molecule has 1 aliphatic heterocycles. The van der Waals surface area contributed by atoms with E-state index < -0.39 is 10.2 Å². The number of rotatable bonds is 5. The van der Waals surface area contributed by atoms with Crippen LogP contribution in [0.15, 0.2) is 0 Å². The molecule has 102 valence electrons. The summed E-state index contributed by atoms with van der Waals surface area (Å²) in [6, 6.07) is -0.152. The molecule has 7 heteroatoms. The molecule has 0 saturated carbocycles. The predicted octanol–water partition coefficient (Wildman–Crippen LogP) is -0.507. The van der Waals surface area contributed by atoms with Crippen LogP contribution in [0.4, 0.5) is 0 Å². The van der Waals surface area contributed by atoms with Gasteiger partial charge in [-0.05, 0) is 19.9 Å². The number of methoxy groups -OCH3 is 1. The highest BCUT2D eigenvalue weighted by molar-refractivity contribution is 7.86. The maximum atomic E-state index is 12.3. The van der Waals surface area contributed by atoms with Gasteiger partial charge in [-0.25, -0.2) is 0 Å². The Bertz CT molecular complexity index is 313. The molecule has 0 radical (unpaired) electrons. The van der Waals surface area contributed by atoms with Crippen LogP contribution in [-0.4, -0.2) is 70.0 Å². The maximum absolute atomic E-state index is 12.3. The highest BCUT2D eigenvalue weighted by Gasteiger charge is 2.30. The second-order valence-electron chi connectivity index (χ2n) is 4.33. The van der Waals surface area contributed by atoms with Crippen molar-refractivity contribution >= 4 is 10.2 Å². The van der Waals surface area contributed by atoms with E-state index in [9.17, 15) is 8.42 Å². The standard InChI is InChI=1S/C10H23N3O3S/c1-10(9-16-3)12(2)17(14,15)13-7-4-5-11-6-8-13/h10-11H,4-9H2,1-3H3. The molecule has 0 aromatic rings. The van der Waals surface area contributed by atoms with Crippen molar-refractivity contribution in [3.8, 4) is 0 Å². The first-order chi connectivity index (χ1) is 8.00. The third-order valence-corrected chi connectivity index (χ3v) is 5.12. The highest BCUT2D eigenvalue weighted by atomic mass is 32.2. The van der Waals surface area contributed by atoms with Gasteiger partial charge in [0.25, 0.3) is 10.2 Å². The number of ether oxygens (including phenoxy) is 1. The summed E-state index contributed by atoms with van der Waals surface area (Å²) in [6.45, 7) is 4.96. The Morgan fingerprint density at radius 2 is 2.12 bits per heavy atom. The van der Waals surface area contributed by atoms with Crippen LogP contribution in [0.1, 0.15) is 13.3 Å². The molecule has 1 heterocycles. The molecule has 0 aromatic carbocycles. The highest BCUT2D eigenvalue weighted by Crippen LogP contribution is 2.11. The van der Waals surface area contributed by atoms with Gasteiger partial charge in [0.1, 0.15) is 0 Å². The molecular formula is C10H23N3O3S. The van der Waals surface area contributed by atoms with Gasteiger partial charge in [-0.3, -0.25) is 0 Å². The number of nitrogens with zero attached hydrogens (tertiary/aromatic N) is 2. The Labute approximate surface area is 104 Å². The van der Waals surface area contributed by atoms with Crippen LogP contribution < -0.4 is 5.32 Å². The predicted molar refractivity (Wildman–Crippen MR) is 67.1 cm³/mol. The molecule has 0 amide bonds. The minimum Gasteiger partial charge on any atom is -0.383 e. The van der Waals surface area contributed by atoms with Gasteiger partial charge >= 0.3 is 0 Å². The molecule has 1 N–H and O–H groups in total. The van der Waals surface area contributed by atoms with Crippen LogP contribution in [0.5, 0.6) is 0 Å². The lowest BCUT2D eigenvalue weighted by molar-refractivity contribution is 0.146. The molecule has 1 atom stereocenters. The summed E-state index contributed by atoms with van der Waals surface area (Å²) in [5.74, 6) is 0. The minimum atomic E-state index is -3.36. The largest absolute Gasteiger partial charge is 0.383 e. The molecule has 1 fully saturated rings. The average molecular weight is 265 g/mol. The Kier molecular flexibility index (Phi) is 5.81. The lowest BCUT2D eigenvalue weighted by atomic mass is 10.4. The molecule has 1 aliphatic rings. The average Bonchev–Trinajstić information content (AvgIpc) is 2.57. The van der Waals surface area contributed by atoms with Gasteiger partial charge in [-0.15, -0.1) is 0 Å². The fraction of sp³-hybridized carbons (Fsp3) is 1.00. The molecular weight excluding hydrogens is 242 g/mol. The summed E-state index contributed by atoms with van der Waals surface area (Å²) in [4.78, 5) is 0. The molecule has 17 heavy (non-hydrogen) atoms. The third-order valence-electron chi connectivity index (χ3n) is 3.02. The summed E-state index contributed by atoms with van der Waals surface area (Å²) in [6.07, 6.45) is 0.853. The molecule has 1 saturated heterocycles. The fourth-order valence-electron chi connectivity index (χ4n) is 1.81. The van der Waals surface area contributed by atoms with E-state index >= 15 is 0 Å². The van der Waals surface area contributed by atoms with Crippen molar-refractivity contribution in [2.45, 2.75) is 19.4 Å². The van der Waals surface area contributed by atoms with Gasteiger partial charge in [-0.1, -0.05) is 0 Å². The molecule has 0 aromatic heterocycles. The molecule has 0 spiro atoms. The van der Waals surface area contributed by atoms with E-state index in [1.807, 2.05) is 6.92 Å². The zero-order valence-corrected chi connectivity index (χ0v) is 11.7. The normalized spacial score (nSPS) is 21.4. The van der Waals surface area contributed by atoms with E-state index in [0.29, 0.717) is 26.2 Å². The van der Waals surface area contributed by atoms with E-state index in [1.165, 1.54) is 4.31 Å². The Hall–Kier alpha value is -0.210. The van der Waals surface area contributed by atoms with Gasteiger partial charge in [0.05, 0.1) is 6.61 Å². The van der Waals surface area contributed by atoms with Crippen molar-refractivity contribution in [1.82, 2.24) is 13.9 Å². The number of hydrogen-bond donors (Lipinski definition) is 1. The Morgan fingerprint density at radius 3 is 2.76 bits per heavy atom. The molecule has 0 bridgehead atoms. The van der Waals surface area contributed by atoms with Crippen LogP contribution >= 0.6 is 0 Å². The minimum absolute atomic E-state index is 0.152. The van der Waals surface area contributed by atoms with Crippen LogP contribution in [0, 0.1) is 0 Å². The van der Waals surface area contributed by atoms with Crippen molar-refractivity contribution in [3.05, 3.63) is 0 Å². The second-order valence-corrected chi connectivity index (χ2v) is 6.32. The van der Waals surface area contributed by atoms with Crippen LogP contribution in [0.3, 0.4) is 0 Å². The zero-order chi connectivity index (χ0) is 12.9. The first kappa shape index (κ1) is 14.8. The Morgan fingerprint density at radius 1 is 1.41 bits per heavy atom. The van der Waals surface area contributed by atoms with E-state index in [4.69, 9.17) is 4.74 Å². The van der Waals surface area contributed by atoms with Crippen LogP contribution in [0.2, 0.25) is 0 Å². The summed E-state index contributed by atoms with van der Waals surface area (Å²) in [7, 11) is -0.175. The Balaban J connectivity index is 2.71. The molecule has 0 aliphatic carbocycles. The van der Waals surface area contributed by atoms with Crippen molar-refractivity contribution in [2.75, 3.05) is 46.9 Å². The fourth-order valence-corrected chi connectivity index (χ4v) is 3.37. The molecule has 1 unspecified atom stereocenters. The SMILES string of the molecule is COCC(C)N(C)S(=O)(=O)N1CCCNCC1. The summed E-state index contributed by atoms with van der Waals surface area (Å²) >= 11 is 0. The topological polar surface area (TPSA) is 61.9 Å². The second kappa shape index (κ2) is 6.65. The quantitative estimate of drug-likeness (QED) is 0.727. The van der Waals surface area contributed by atoms with Gasteiger partial charge in [0.2, 0.25) is 0 Å². The molecule has 6 nitrogen and oxygen atoms in total. The zero-order valence-electron chi connectivity index (χ0n) is 10.8. The lowest BCUT2D eigenvalue weighted by Crippen LogP contribution is -2.47. The van der Waals surface area contributed by atoms with E-state index in [2.05, 4.69) is 5.32 Å².